The molecule has 1 N–H and O–H groups in total. The number of nitrogens with one attached hydrogen (secondary N) is 1. The minimum Gasteiger partial charge on any atom is -0.357 e. The van der Waals surface area contributed by atoms with Gasteiger partial charge in [0.05, 0.1) is 10.7 Å². The maximum Gasteiger partial charge on any atom is 0.114 e. The molecule has 0 spiro atoms. The quantitative estimate of drug-likeness (QED) is 0.887. The molecule has 0 aliphatic carbocycles. The summed E-state index contributed by atoms with van der Waals surface area (Å²) in [6.45, 7) is 4.93. The number of rotatable bonds is 6. The molecule has 1 aliphatic heterocycles. The van der Waals surface area contributed by atoms with Crippen LogP contribution in [0.5, 0.6) is 0 Å². The first-order chi connectivity index (χ1) is 10.6. The molecule has 4 nitrogen and oxygen atoms in total. The minimum atomic E-state index is -0.719. The highest BCUT2D eigenvalue weighted by Gasteiger charge is 2.31. The van der Waals surface area contributed by atoms with Gasteiger partial charge in [-0.1, -0.05) is 0 Å². The Morgan fingerprint density at radius 2 is 2.36 bits per heavy atom. The number of thiazole rings is 1. The summed E-state index contributed by atoms with van der Waals surface area (Å²) in [4.78, 5) is 6.71. The molecule has 0 aromatic carbocycles. The van der Waals surface area contributed by atoms with Crippen LogP contribution in [-0.4, -0.2) is 39.8 Å². The predicted octanol–water partition coefficient (Wildman–Crippen LogP) is 2.49. The van der Waals surface area contributed by atoms with E-state index in [1.54, 1.807) is 11.3 Å². The highest BCUT2D eigenvalue weighted by Crippen LogP contribution is 2.23. The molecule has 0 saturated carbocycles. The van der Waals surface area contributed by atoms with Gasteiger partial charge in [-0.3, -0.25) is 4.90 Å². The largest absolute Gasteiger partial charge is 0.357 e. The van der Waals surface area contributed by atoms with Crippen molar-refractivity contribution in [2.24, 2.45) is 7.05 Å². The Hall–Kier alpha value is -1.24. The van der Waals surface area contributed by atoms with Crippen molar-refractivity contribution in [1.29, 1.82) is 0 Å². The van der Waals surface area contributed by atoms with Crippen LogP contribution in [0.2, 0.25) is 0 Å². The van der Waals surface area contributed by atoms with Gasteiger partial charge in [-0.05, 0) is 25.0 Å². The molecule has 0 amide bonds. The Labute approximate surface area is 135 Å². The standard InChI is InChI=1S/C16H23FN4S/c1-12-19-15(11-22-12)10-21-9-14(17)5-16(21)7-18-6-13-3-4-20(2)8-13/h3-4,8,11,14,16,18H,5-7,9-10H2,1-2H3/t14-,16-/m0/s1. The molecule has 120 valence electrons. The Kier molecular flexibility index (Phi) is 4.90. The van der Waals surface area contributed by atoms with Crippen LogP contribution in [0.4, 0.5) is 4.39 Å². The molecule has 0 radical (unpaired) electrons. The molecule has 1 saturated heterocycles. The summed E-state index contributed by atoms with van der Waals surface area (Å²) in [5.41, 5.74) is 2.32. The van der Waals surface area contributed by atoms with Crippen molar-refractivity contribution in [2.75, 3.05) is 13.1 Å². The van der Waals surface area contributed by atoms with E-state index in [9.17, 15) is 4.39 Å². The number of nitrogens with zero attached hydrogens (tertiary/aromatic N) is 3. The average molecular weight is 322 g/mol. The van der Waals surface area contributed by atoms with Crippen molar-refractivity contribution < 1.29 is 4.39 Å². The van der Waals surface area contributed by atoms with E-state index >= 15 is 0 Å². The van der Waals surface area contributed by atoms with Crippen LogP contribution in [0.15, 0.2) is 23.8 Å². The summed E-state index contributed by atoms with van der Waals surface area (Å²) in [7, 11) is 2.02. The fourth-order valence-electron chi connectivity index (χ4n) is 3.07. The average Bonchev–Trinajstić information content (AvgIpc) is 3.14. The first-order valence-electron chi connectivity index (χ1n) is 7.71. The number of halogens is 1. The summed E-state index contributed by atoms with van der Waals surface area (Å²) >= 11 is 1.66. The van der Waals surface area contributed by atoms with E-state index in [4.69, 9.17) is 0 Å². The zero-order chi connectivity index (χ0) is 15.5. The predicted molar refractivity (Wildman–Crippen MR) is 87.7 cm³/mol. The number of aromatic nitrogens is 2. The third kappa shape index (κ3) is 3.94. The van der Waals surface area contributed by atoms with Crippen LogP contribution >= 0.6 is 11.3 Å². The molecule has 3 rings (SSSR count). The normalized spacial score (nSPS) is 22.5. The Bertz CT molecular complexity index is 609. The van der Waals surface area contributed by atoms with Gasteiger partial charge in [0.2, 0.25) is 0 Å². The second-order valence-corrected chi connectivity index (χ2v) is 7.15. The molecular formula is C16H23FN4S. The molecule has 3 heterocycles. The molecule has 2 aromatic rings. The molecule has 1 aliphatic rings. The molecule has 22 heavy (non-hydrogen) atoms. The van der Waals surface area contributed by atoms with Gasteiger partial charge in [0.1, 0.15) is 6.17 Å². The van der Waals surface area contributed by atoms with Crippen molar-refractivity contribution >= 4 is 11.3 Å². The second-order valence-electron chi connectivity index (χ2n) is 6.09. The monoisotopic (exact) mass is 322 g/mol. The first-order valence-corrected chi connectivity index (χ1v) is 8.59. The zero-order valence-corrected chi connectivity index (χ0v) is 13.9. The fraction of sp³-hybridized carbons (Fsp3) is 0.562. The van der Waals surface area contributed by atoms with E-state index in [-0.39, 0.29) is 6.04 Å². The lowest BCUT2D eigenvalue weighted by Crippen LogP contribution is -2.37. The van der Waals surface area contributed by atoms with E-state index in [2.05, 4.69) is 32.8 Å². The van der Waals surface area contributed by atoms with Crippen LogP contribution in [0.25, 0.3) is 0 Å². The Morgan fingerprint density at radius 1 is 1.50 bits per heavy atom. The number of likely N-dealkylation sites (tertiary alicyclic amines) is 1. The third-order valence-electron chi connectivity index (χ3n) is 4.11. The number of aryl methyl sites for hydroxylation is 2. The number of hydrogen-bond donors (Lipinski definition) is 1. The van der Waals surface area contributed by atoms with Crippen LogP contribution in [0.1, 0.15) is 22.7 Å². The van der Waals surface area contributed by atoms with Gasteiger partial charge in [0.25, 0.3) is 0 Å². The van der Waals surface area contributed by atoms with Crippen molar-refractivity contribution in [3.8, 4) is 0 Å². The Morgan fingerprint density at radius 3 is 3.05 bits per heavy atom. The van der Waals surface area contributed by atoms with E-state index in [1.165, 1.54) is 5.56 Å². The third-order valence-corrected chi connectivity index (χ3v) is 4.93. The van der Waals surface area contributed by atoms with Gasteiger partial charge in [-0.2, -0.15) is 0 Å². The molecule has 0 bridgehead atoms. The lowest BCUT2D eigenvalue weighted by atomic mass is 10.2. The van der Waals surface area contributed by atoms with E-state index in [0.717, 1.165) is 30.3 Å². The summed E-state index contributed by atoms with van der Waals surface area (Å²) in [6, 6.07) is 2.36. The van der Waals surface area contributed by atoms with E-state index in [1.807, 2.05) is 24.7 Å². The lowest BCUT2D eigenvalue weighted by Gasteiger charge is -2.23. The lowest BCUT2D eigenvalue weighted by molar-refractivity contribution is 0.228. The van der Waals surface area contributed by atoms with E-state index < -0.39 is 6.17 Å². The smallest absolute Gasteiger partial charge is 0.114 e. The molecule has 0 unspecified atom stereocenters. The topological polar surface area (TPSA) is 33.1 Å². The fourth-order valence-corrected chi connectivity index (χ4v) is 3.67. The van der Waals surface area contributed by atoms with Crippen LogP contribution < -0.4 is 5.32 Å². The highest BCUT2D eigenvalue weighted by molar-refractivity contribution is 7.09. The van der Waals surface area contributed by atoms with E-state index in [0.29, 0.717) is 13.0 Å². The SMILES string of the molecule is Cc1nc(CN2C[C@@H](F)C[C@H]2CNCc2ccn(C)c2)cs1. The highest BCUT2D eigenvalue weighted by atomic mass is 32.1. The second kappa shape index (κ2) is 6.89. The summed E-state index contributed by atoms with van der Waals surface area (Å²) in [5.74, 6) is 0. The number of alkyl halides is 1. The Balaban J connectivity index is 1.52. The van der Waals surface area contributed by atoms with Crippen molar-refractivity contribution in [3.05, 3.63) is 40.1 Å². The molecule has 1 fully saturated rings. The van der Waals surface area contributed by atoms with Crippen molar-refractivity contribution in [2.45, 2.75) is 38.6 Å². The molecular weight excluding hydrogens is 299 g/mol. The number of hydrogen-bond acceptors (Lipinski definition) is 4. The maximum absolute atomic E-state index is 13.8. The summed E-state index contributed by atoms with van der Waals surface area (Å²) in [6.07, 6.45) is 4.05. The van der Waals surface area contributed by atoms with Gasteiger partial charge in [-0.25, -0.2) is 9.37 Å². The van der Waals surface area contributed by atoms with Crippen LogP contribution in [-0.2, 0) is 20.1 Å². The molecule has 2 atom stereocenters. The molecule has 2 aromatic heterocycles. The van der Waals surface area contributed by atoms with Crippen LogP contribution in [0, 0.1) is 6.92 Å². The van der Waals surface area contributed by atoms with Gasteiger partial charge in [-0.15, -0.1) is 11.3 Å². The van der Waals surface area contributed by atoms with Gasteiger partial charge < -0.3 is 9.88 Å². The van der Waals surface area contributed by atoms with Gasteiger partial charge in [0, 0.05) is 57.0 Å². The maximum atomic E-state index is 13.8. The zero-order valence-electron chi connectivity index (χ0n) is 13.1. The summed E-state index contributed by atoms with van der Waals surface area (Å²) < 4.78 is 15.8. The van der Waals surface area contributed by atoms with Crippen LogP contribution in [0.3, 0.4) is 0 Å². The van der Waals surface area contributed by atoms with Gasteiger partial charge >= 0.3 is 0 Å². The van der Waals surface area contributed by atoms with Gasteiger partial charge in [0.15, 0.2) is 0 Å². The van der Waals surface area contributed by atoms with Crippen molar-refractivity contribution in [3.63, 3.8) is 0 Å². The molecule has 6 heteroatoms. The first kappa shape index (κ1) is 15.6. The summed E-state index contributed by atoms with van der Waals surface area (Å²) in [5, 5.41) is 6.61. The minimum absolute atomic E-state index is 0.251. The van der Waals surface area contributed by atoms with Crippen molar-refractivity contribution in [1.82, 2.24) is 19.8 Å².